The molecule has 3 aromatic carbocycles. The Kier molecular flexibility index (Phi) is 6.03. The molecule has 0 N–H and O–H groups in total. The molecule has 1 aromatic heterocycles. The zero-order valence-electron chi connectivity index (χ0n) is 15.1. The largest absolute Gasteiger partial charge is 1.00 e. The van der Waals surface area contributed by atoms with Gasteiger partial charge in [-0.15, -0.1) is 0 Å². The minimum Gasteiger partial charge on any atom is -1.00 e. The van der Waals surface area contributed by atoms with Crippen molar-refractivity contribution < 1.29 is 26.3 Å². The monoisotopic (exact) mass is 431 g/mol. The third-order valence-corrected chi connectivity index (χ3v) is 4.63. The van der Waals surface area contributed by atoms with E-state index in [1.807, 2.05) is 47.3 Å². The van der Waals surface area contributed by atoms with Crippen molar-refractivity contribution in [3.05, 3.63) is 102 Å². The first-order chi connectivity index (χ1) is 13.2. The minimum atomic E-state index is 0. The summed E-state index contributed by atoms with van der Waals surface area (Å²) in [5.74, 6) is 0.0205. The second-order valence-corrected chi connectivity index (χ2v) is 6.46. The van der Waals surface area contributed by atoms with Crippen LogP contribution in [-0.2, 0) is 13.1 Å². The van der Waals surface area contributed by atoms with Crippen molar-refractivity contribution in [3.8, 4) is 6.07 Å². The molecule has 0 aliphatic heterocycles. The molecule has 0 amide bonds. The van der Waals surface area contributed by atoms with Crippen LogP contribution in [0.3, 0.4) is 0 Å². The lowest BCUT2D eigenvalue weighted by atomic mass is 10.1. The molecule has 4 nitrogen and oxygen atoms in total. The minimum absolute atomic E-state index is 0. The lowest BCUT2D eigenvalue weighted by Gasteiger charge is -1.99. The van der Waals surface area contributed by atoms with Crippen LogP contribution in [0.5, 0.6) is 0 Å². The highest BCUT2D eigenvalue weighted by molar-refractivity contribution is 5.96. The average Bonchev–Trinajstić information content (AvgIpc) is 3.06. The fourth-order valence-corrected chi connectivity index (χ4v) is 3.25. The van der Waals surface area contributed by atoms with E-state index in [9.17, 15) is 4.79 Å². The Morgan fingerprint density at radius 2 is 1.61 bits per heavy atom. The molecule has 0 saturated carbocycles. The molecule has 138 valence electrons. The summed E-state index contributed by atoms with van der Waals surface area (Å²) >= 11 is 0. The Hall–Kier alpha value is -3.23. The van der Waals surface area contributed by atoms with Crippen molar-refractivity contribution in [1.82, 2.24) is 4.57 Å². The maximum absolute atomic E-state index is 12.7. The number of benzene rings is 3. The second kappa shape index (κ2) is 8.64. The Morgan fingerprint density at radius 1 is 0.929 bits per heavy atom. The third-order valence-electron chi connectivity index (χ3n) is 4.63. The first kappa shape index (κ1) is 19.5. The summed E-state index contributed by atoms with van der Waals surface area (Å²) in [6, 6.07) is 27.2. The first-order valence-electron chi connectivity index (χ1n) is 8.79. The van der Waals surface area contributed by atoms with Crippen LogP contribution in [-0.4, -0.2) is 10.4 Å². The highest BCUT2D eigenvalue weighted by Gasteiger charge is 2.18. The number of fused-ring (bicyclic) bond motifs is 1. The van der Waals surface area contributed by atoms with E-state index in [0.29, 0.717) is 11.1 Å². The van der Waals surface area contributed by atoms with Gasteiger partial charge >= 0.3 is 0 Å². The summed E-state index contributed by atoms with van der Waals surface area (Å²) in [5, 5.41) is 8.90. The fourth-order valence-electron chi connectivity index (χ4n) is 3.25. The van der Waals surface area contributed by atoms with Crippen molar-refractivity contribution in [2.24, 2.45) is 0 Å². The summed E-state index contributed by atoms with van der Waals surface area (Å²) in [6.07, 6.45) is 2.00. The first-order valence-corrected chi connectivity index (χ1v) is 8.79. The third kappa shape index (κ3) is 4.03. The molecule has 28 heavy (non-hydrogen) atoms. The van der Waals surface area contributed by atoms with Gasteiger partial charge in [0.1, 0.15) is 6.54 Å². The highest BCUT2D eigenvalue weighted by Crippen LogP contribution is 2.14. The number of Topliss-reactive ketones (excluding diaryl/α,β-unsaturated/α-hetero) is 1. The predicted molar refractivity (Wildman–Crippen MR) is 103 cm³/mol. The summed E-state index contributed by atoms with van der Waals surface area (Å²) in [6.45, 7) is 1.01. The molecule has 0 atom stereocenters. The van der Waals surface area contributed by atoms with Crippen LogP contribution < -0.4 is 21.5 Å². The van der Waals surface area contributed by atoms with Crippen LogP contribution in [0, 0.1) is 11.3 Å². The van der Waals surface area contributed by atoms with Gasteiger partial charge in [-0.25, -0.2) is 9.13 Å². The van der Waals surface area contributed by atoms with E-state index >= 15 is 0 Å². The molecular weight excluding hydrogens is 414 g/mol. The summed E-state index contributed by atoms with van der Waals surface area (Å²) in [4.78, 5) is 12.7. The van der Waals surface area contributed by atoms with E-state index < -0.39 is 0 Å². The number of nitriles is 1. The number of nitrogens with zero attached hydrogens (tertiary/aromatic N) is 3. The zero-order valence-corrected chi connectivity index (χ0v) is 16.7. The van der Waals surface area contributed by atoms with Crippen LogP contribution in [0.2, 0.25) is 0 Å². The Labute approximate surface area is 174 Å². The topological polar surface area (TPSA) is 49.7 Å². The normalized spacial score (nSPS) is 10.2. The average molecular weight is 432 g/mol. The van der Waals surface area contributed by atoms with E-state index in [4.69, 9.17) is 5.26 Å². The maximum atomic E-state index is 12.7. The van der Waals surface area contributed by atoms with E-state index in [1.54, 1.807) is 24.3 Å². The number of imidazole rings is 1. The Bertz CT molecular complexity index is 1140. The van der Waals surface area contributed by atoms with E-state index in [-0.39, 0.29) is 29.3 Å². The molecule has 0 fully saturated rings. The van der Waals surface area contributed by atoms with Crippen molar-refractivity contribution in [2.75, 3.05) is 0 Å². The van der Waals surface area contributed by atoms with Gasteiger partial charge in [0.05, 0.1) is 11.6 Å². The van der Waals surface area contributed by atoms with Crippen molar-refractivity contribution >= 4 is 16.8 Å². The lowest BCUT2D eigenvalue weighted by molar-refractivity contribution is -0.663. The van der Waals surface area contributed by atoms with Gasteiger partial charge in [0.2, 0.25) is 12.1 Å². The lowest BCUT2D eigenvalue weighted by Crippen LogP contribution is -3.00. The smallest absolute Gasteiger partial charge is 0.245 e. The number of para-hydroxylation sites is 2. The Balaban J connectivity index is 0.00000225. The summed E-state index contributed by atoms with van der Waals surface area (Å²) in [5.41, 5.74) is 4.49. The van der Waals surface area contributed by atoms with Crippen LogP contribution in [0.1, 0.15) is 21.5 Å². The SMILES string of the molecule is N#Cc1ccc(C(=O)Cn2c[n+](Cc3ccccc3)c3ccccc32)cc1.[Br-]. The maximum Gasteiger partial charge on any atom is 0.245 e. The van der Waals surface area contributed by atoms with Gasteiger partial charge in [0.15, 0.2) is 17.6 Å². The van der Waals surface area contributed by atoms with Crippen molar-refractivity contribution in [2.45, 2.75) is 13.1 Å². The molecular formula is C23H18BrN3O. The number of halogens is 1. The van der Waals surface area contributed by atoms with Crippen molar-refractivity contribution in [3.63, 3.8) is 0 Å². The van der Waals surface area contributed by atoms with Crippen LogP contribution >= 0.6 is 0 Å². The van der Waals surface area contributed by atoms with Crippen LogP contribution in [0.25, 0.3) is 11.0 Å². The van der Waals surface area contributed by atoms with Gasteiger partial charge in [0.25, 0.3) is 0 Å². The number of carbonyl (C=O) groups excluding carboxylic acids is 1. The quantitative estimate of drug-likeness (QED) is 0.345. The molecule has 5 heteroatoms. The molecule has 4 aromatic rings. The highest BCUT2D eigenvalue weighted by atomic mass is 79.9. The number of aromatic nitrogens is 2. The van der Waals surface area contributed by atoms with Gasteiger partial charge in [-0.3, -0.25) is 4.79 Å². The zero-order chi connectivity index (χ0) is 18.6. The van der Waals surface area contributed by atoms with E-state index in [0.717, 1.165) is 17.6 Å². The van der Waals surface area contributed by atoms with Gasteiger partial charge in [-0.05, 0) is 42.0 Å². The molecule has 0 saturated heterocycles. The number of rotatable bonds is 5. The fraction of sp³-hybridized carbons (Fsp3) is 0.0870. The molecule has 0 spiro atoms. The van der Waals surface area contributed by atoms with Gasteiger partial charge in [-0.2, -0.15) is 5.26 Å². The van der Waals surface area contributed by atoms with Gasteiger partial charge < -0.3 is 17.0 Å². The number of hydrogen-bond acceptors (Lipinski definition) is 2. The number of carbonyl (C=O) groups is 1. The molecule has 1 heterocycles. The standard InChI is InChI=1S/C23H18N3O.BrH/c24-14-18-10-12-20(13-11-18)23(27)16-26-17-25(15-19-6-2-1-3-7-19)21-8-4-5-9-22(21)26;/h1-13,17H,15-16H2;1H/q+1;/p-1. The molecule has 0 radical (unpaired) electrons. The summed E-state index contributed by atoms with van der Waals surface area (Å²) < 4.78 is 4.15. The summed E-state index contributed by atoms with van der Waals surface area (Å²) in [7, 11) is 0. The predicted octanol–water partition coefficient (Wildman–Crippen LogP) is 0.736. The van der Waals surface area contributed by atoms with Gasteiger partial charge in [0, 0.05) is 5.56 Å². The van der Waals surface area contributed by atoms with Crippen LogP contribution in [0.4, 0.5) is 0 Å². The molecule has 0 unspecified atom stereocenters. The second-order valence-electron chi connectivity index (χ2n) is 6.46. The molecule has 0 aliphatic carbocycles. The Morgan fingerprint density at radius 3 is 2.32 bits per heavy atom. The van der Waals surface area contributed by atoms with Gasteiger partial charge in [-0.1, -0.05) is 42.5 Å². The number of ketones is 1. The van der Waals surface area contributed by atoms with Crippen LogP contribution in [0.15, 0.2) is 85.2 Å². The van der Waals surface area contributed by atoms with E-state index in [1.165, 1.54) is 5.56 Å². The number of hydrogen-bond donors (Lipinski definition) is 0. The molecule has 0 aliphatic rings. The van der Waals surface area contributed by atoms with E-state index in [2.05, 4.69) is 28.8 Å². The molecule has 0 bridgehead atoms. The van der Waals surface area contributed by atoms with Crippen molar-refractivity contribution in [1.29, 1.82) is 5.26 Å². The molecule has 4 rings (SSSR count).